The Morgan fingerprint density at radius 3 is 3.00 bits per heavy atom. The van der Waals surface area contributed by atoms with Crippen LogP contribution < -0.4 is 5.73 Å². The Kier molecular flexibility index (Phi) is 6.33. The number of fused-ring (bicyclic) bond motifs is 1. The van der Waals surface area contributed by atoms with Gasteiger partial charge in [-0.15, -0.1) is 0 Å². The van der Waals surface area contributed by atoms with E-state index < -0.39 is 0 Å². The van der Waals surface area contributed by atoms with Crippen LogP contribution in [0.2, 0.25) is 5.15 Å². The van der Waals surface area contributed by atoms with Gasteiger partial charge in [0.25, 0.3) is 0 Å². The number of nitrogens with two attached hydrogens (primary N) is 1. The molecular weight excluding hydrogens is 340 g/mol. The summed E-state index contributed by atoms with van der Waals surface area (Å²) in [5.41, 5.74) is 8.87. The first-order valence-corrected chi connectivity index (χ1v) is 8.68. The normalized spacial score (nSPS) is 16.8. The molecule has 0 aliphatic carbocycles. The fourth-order valence-corrected chi connectivity index (χ4v) is 2.79. The van der Waals surface area contributed by atoms with E-state index in [0.29, 0.717) is 18.3 Å². The average molecular weight is 361 g/mol. The van der Waals surface area contributed by atoms with Crippen LogP contribution in [0.1, 0.15) is 18.4 Å². The molecule has 25 heavy (non-hydrogen) atoms. The van der Waals surface area contributed by atoms with Gasteiger partial charge in [-0.1, -0.05) is 11.6 Å². The van der Waals surface area contributed by atoms with Gasteiger partial charge in [-0.3, -0.25) is 9.98 Å². The Labute approximate surface area is 151 Å². The van der Waals surface area contributed by atoms with E-state index in [1.54, 1.807) is 18.5 Å². The second kappa shape index (κ2) is 8.89. The van der Waals surface area contributed by atoms with Crippen molar-refractivity contribution >= 4 is 34.4 Å². The molecule has 1 aliphatic rings. The van der Waals surface area contributed by atoms with Gasteiger partial charge in [-0.2, -0.15) is 0 Å². The van der Waals surface area contributed by atoms with Gasteiger partial charge in [0.05, 0.1) is 30.3 Å². The van der Waals surface area contributed by atoms with Crippen molar-refractivity contribution in [1.29, 1.82) is 0 Å². The number of aromatic nitrogens is 2. The number of halogens is 1. The molecule has 0 spiro atoms. The van der Waals surface area contributed by atoms with E-state index in [1.165, 1.54) is 6.20 Å². The minimum absolute atomic E-state index is 0.286. The van der Waals surface area contributed by atoms with Gasteiger partial charge >= 0.3 is 0 Å². The molecule has 2 N–H and O–H groups in total. The number of rotatable bonds is 6. The predicted molar refractivity (Wildman–Crippen MR) is 99.9 cm³/mol. The lowest BCUT2D eigenvalue weighted by atomic mass is 10.1. The number of pyridine rings is 2. The zero-order valence-corrected chi connectivity index (χ0v) is 14.7. The van der Waals surface area contributed by atoms with Crippen LogP contribution in [0.15, 0.2) is 35.6 Å². The van der Waals surface area contributed by atoms with Crippen molar-refractivity contribution in [3.05, 3.63) is 41.3 Å². The van der Waals surface area contributed by atoms with Crippen molar-refractivity contribution in [2.24, 2.45) is 10.7 Å². The average Bonchev–Trinajstić information content (AvgIpc) is 2.65. The molecule has 0 bridgehead atoms. The topological polar surface area (TPSA) is 82.6 Å². The molecule has 0 aromatic carbocycles. The largest absolute Gasteiger partial charge is 0.404 e. The fourth-order valence-electron chi connectivity index (χ4n) is 2.63. The lowest BCUT2D eigenvalue weighted by molar-refractivity contribution is -0.0289. The van der Waals surface area contributed by atoms with Gasteiger partial charge in [-0.05, 0) is 31.0 Å². The van der Waals surface area contributed by atoms with Gasteiger partial charge in [0.1, 0.15) is 5.15 Å². The highest BCUT2D eigenvalue weighted by Gasteiger charge is 2.13. The van der Waals surface area contributed by atoms with E-state index in [-0.39, 0.29) is 6.10 Å². The van der Waals surface area contributed by atoms with Crippen LogP contribution in [0.4, 0.5) is 0 Å². The number of nitrogens with zero attached hydrogens (tertiary/aromatic N) is 3. The van der Waals surface area contributed by atoms with Crippen molar-refractivity contribution < 1.29 is 9.47 Å². The first-order valence-electron chi connectivity index (χ1n) is 8.30. The molecule has 0 atom stereocenters. The first-order chi connectivity index (χ1) is 12.3. The Morgan fingerprint density at radius 2 is 2.20 bits per heavy atom. The van der Waals surface area contributed by atoms with E-state index >= 15 is 0 Å². The number of ether oxygens (including phenoxy) is 2. The summed E-state index contributed by atoms with van der Waals surface area (Å²) in [5.74, 6) is 0. The molecule has 0 unspecified atom stereocenters. The van der Waals surface area contributed by atoms with Crippen molar-refractivity contribution in [1.82, 2.24) is 9.97 Å². The quantitative estimate of drug-likeness (QED) is 0.486. The SMILES string of the molecule is NC=C(C=NCCOC1CCOCC1)c1cnc2ccc(Cl)nc2c1. The van der Waals surface area contributed by atoms with Crippen molar-refractivity contribution in [3.8, 4) is 0 Å². The lowest BCUT2D eigenvalue weighted by Gasteiger charge is -2.21. The molecular formula is C18H21ClN4O2. The van der Waals surface area contributed by atoms with Crippen LogP contribution in [0, 0.1) is 0 Å². The summed E-state index contributed by atoms with van der Waals surface area (Å²) in [6.07, 6.45) is 7.19. The Bertz CT molecular complexity index is 773. The second-order valence-corrected chi connectivity index (χ2v) is 6.12. The molecule has 6 nitrogen and oxygen atoms in total. The van der Waals surface area contributed by atoms with E-state index in [9.17, 15) is 0 Å². The zero-order valence-electron chi connectivity index (χ0n) is 13.9. The van der Waals surface area contributed by atoms with Crippen LogP contribution in [-0.2, 0) is 9.47 Å². The summed E-state index contributed by atoms with van der Waals surface area (Å²) in [6, 6.07) is 5.45. The summed E-state index contributed by atoms with van der Waals surface area (Å²) in [5, 5.41) is 0.434. The Balaban J connectivity index is 1.58. The molecule has 0 saturated carbocycles. The van der Waals surface area contributed by atoms with Gasteiger partial charge in [-0.25, -0.2) is 4.98 Å². The van der Waals surface area contributed by atoms with Crippen LogP contribution in [0.3, 0.4) is 0 Å². The van der Waals surface area contributed by atoms with Gasteiger partial charge in [0.2, 0.25) is 0 Å². The smallest absolute Gasteiger partial charge is 0.129 e. The highest BCUT2D eigenvalue weighted by atomic mass is 35.5. The second-order valence-electron chi connectivity index (χ2n) is 5.74. The van der Waals surface area contributed by atoms with Gasteiger partial charge in [0.15, 0.2) is 0 Å². The standard InChI is InChI=1S/C18H21ClN4O2/c19-18-2-1-16-17(23-18)9-13(12-22-16)14(10-20)11-21-5-8-25-15-3-6-24-7-4-15/h1-2,9-12,15H,3-8,20H2. The summed E-state index contributed by atoms with van der Waals surface area (Å²) in [6.45, 7) is 2.73. The molecule has 1 fully saturated rings. The summed E-state index contributed by atoms with van der Waals surface area (Å²) in [4.78, 5) is 13.1. The van der Waals surface area contributed by atoms with Gasteiger partial charge in [0, 0.05) is 43.0 Å². The van der Waals surface area contributed by atoms with E-state index in [1.807, 2.05) is 12.1 Å². The molecule has 132 valence electrons. The molecule has 0 amide bonds. The minimum atomic E-state index is 0.286. The van der Waals surface area contributed by atoms with Crippen LogP contribution in [-0.4, -0.2) is 48.7 Å². The van der Waals surface area contributed by atoms with E-state index in [0.717, 1.165) is 48.2 Å². The van der Waals surface area contributed by atoms with Crippen molar-refractivity contribution in [2.45, 2.75) is 18.9 Å². The van der Waals surface area contributed by atoms with Crippen molar-refractivity contribution in [3.63, 3.8) is 0 Å². The minimum Gasteiger partial charge on any atom is -0.404 e. The molecule has 2 aromatic rings. The van der Waals surface area contributed by atoms with E-state index in [2.05, 4.69) is 15.0 Å². The van der Waals surface area contributed by atoms with Crippen molar-refractivity contribution in [2.75, 3.05) is 26.4 Å². The monoisotopic (exact) mass is 360 g/mol. The lowest BCUT2D eigenvalue weighted by Crippen LogP contribution is -2.24. The third-order valence-corrected chi connectivity index (χ3v) is 4.20. The molecule has 1 aliphatic heterocycles. The maximum Gasteiger partial charge on any atom is 0.129 e. The zero-order chi connectivity index (χ0) is 17.5. The highest BCUT2D eigenvalue weighted by molar-refractivity contribution is 6.29. The predicted octanol–water partition coefficient (Wildman–Crippen LogP) is 2.85. The molecule has 7 heteroatoms. The fraction of sp³-hybridized carbons (Fsp3) is 0.389. The summed E-state index contributed by atoms with van der Waals surface area (Å²) >= 11 is 5.94. The maximum absolute atomic E-state index is 5.94. The molecule has 1 saturated heterocycles. The van der Waals surface area contributed by atoms with E-state index in [4.69, 9.17) is 26.8 Å². The molecule has 2 aromatic heterocycles. The third-order valence-electron chi connectivity index (χ3n) is 3.99. The Morgan fingerprint density at radius 1 is 1.36 bits per heavy atom. The highest BCUT2D eigenvalue weighted by Crippen LogP contribution is 2.18. The number of hydrogen-bond acceptors (Lipinski definition) is 6. The number of aliphatic imine (C=N–C) groups is 1. The Hall–Kier alpha value is -2.02. The summed E-state index contributed by atoms with van der Waals surface area (Å²) in [7, 11) is 0. The van der Waals surface area contributed by atoms with Crippen LogP contribution in [0.5, 0.6) is 0 Å². The van der Waals surface area contributed by atoms with Gasteiger partial charge < -0.3 is 15.2 Å². The number of hydrogen-bond donors (Lipinski definition) is 1. The molecule has 3 rings (SSSR count). The van der Waals surface area contributed by atoms with Crippen LogP contribution >= 0.6 is 11.6 Å². The maximum atomic E-state index is 5.94. The number of allylic oxidation sites excluding steroid dienone is 1. The third kappa shape index (κ3) is 4.98. The summed E-state index contributed by atoms with van der Waals surface area (Å²) < 4.78 is 11.1. The molecule has 3 heterocycles. The molecule has 0 radical (unpaired) electrons. The first kappa shape index (κ1) is 17.8. The van der Waals surface area contributed by atoms with Crippen LogP contribution in [0.25, 0.3) is 16.6 Å².